The Labute approximate surface area is 123 Å². The summed E-state index contributed by atoms with van der Waals surface area (Å²) in [5.41, 5.74) is 0.151. The molecule has 1 aliphatic heterocycles. The maximum atomic E-state index is 11.1. The van der Waals surface area contributed by atoms with Gasteiger partial charge in [0.25, 0.3) is 0 Å². The molecule has 2 heterocycles. The number of aromatic nitrogens is 1. The largest absolute Gasteiger partial charge is 0.363 e. The van der Waals surface area contributed by atoms with Gasteiger partial charge in [0.2, 0.25) is 5.82 Å². The Bertz CT molecular complexity index is 579. The standard InChI is InChI=1S/C14H19N5O2/c1-14(2)4-3-5-16-12(14)9-18-13-11(19(20)21)6-10(7-15)8-17-13/h6,8,12,16H,3-5,9H2,1-2H3,(H,17,18). The monoisotopic (exact) mass is 289 g/mol. The van der Waals surface area contributed by atoms with E-state index in [9.17, 15) is 10.1 Å². The van der Waals surface area contributed by atoms with Crippen LogP contribution in [0.15, 0.2) is 12.3 Å². The van der Waals surface area contributed by atoms with Gasteiger partial charge in [-0.25, -0.2) is 4.98 Å². The van der Waals surface area contributed by atoms with Crippen LogP contribution in [0.5, 0.6) is 0 Å². The summed E-state index contributed by atoms with van der Waals surface area (Å²) >= 11 is 0. The molecule has 1 aromatic heterocycles. The van der Waals surface area contributed by atoms with Gasteiger partial charge in [-0.1, -0.05) is 13.8 Å². The molecule has 1 fully saturated rings. The lowest BCUT2D eigenvalue weighted by Crippen LogP contribution is -2.50. The minimum atomic E-state index is -0.518. The molecular formula is C14H19N5O2. The minimum Gasteiger partial charge on any atom is -0.363 e. The van der Waals surface area contributed by atoms with E-state index in [1.165, 1.54) is 12.3 Å². The van der Waals surface area contributed by atoms with Crippen molar-refractivity contribution in [3.63, 3.8) is 0 Å². The van der Waals surface area contributed by atoms with Crippen LogP contribution >= 0.6 is 0 Å². The first-order valence-electron chi connectivity index (χ1n) is 6.96. The van der Waals surface area contributed by atoms with Crippen molar-refractivity contribution in [1.29, 1.82) is 5.26 Å². The lowest BCUT2D eigenvalue weighted by atomic mass is 9.77. The molecule has 7 nitrogen and oxygen atoms in total. The van der Waals surface area contributed by atoms with Gasteiger partial charge in [0.05, 0.1) is 10.5 Å². The first kappa shape index (κ1) is 15.2. The summed E-state index contributed by atoms with van der Waals surface area (Å²) < 4.78 is 0. The summed E-state index contributed by atoms with van der Waals surface area (Å²) in [6.07, 6.45) is 3.60. The molecule has 1 unspecified atom stereocenters. The van der Waals surface area contributed by atoms with Gasteiger partial charge in [0, 0.05) is 24.8 Å². The zero-order valence-corrected chi connectivity index (χ0v) is 12.2. The minimum absolute atomic E-state index is 0.132. The van der Waals surface area contributed by atoms with Gasteiger partial charge in [0.15, 0.2) is 0 Å². The van der Waals surface area contributed by atoms with E-state index < -0.39 is 4.92 Å². The van der Waals surface area contributed by atoms with E-state index in [1.54, 1.807) is 0 Å². The van der Waals surface area contributed by atoms with E-state index in [0.717, 1.165) is 19.4 Å². The predicted octanol–water partition coefficient (Wildman–Crippen LogP) is 2.05. The Hall–Kier alpha value is -2.20. The number of anilines is 1. The molecule has 7 heteroatoms. The maximum Gasteiger partial charge on any atom is 0.312 e. The number of nitrogens with one attached hydrogen (secondary N) is 2. The van der Waals surface area contributed by atoms with Crippen LogP contribution in [0.4, 0.5) is 11.5 Å². The van der Waals surface area contributed by atoms with Crippen molar-refractivity contribution in [2.24, 2.45) is 5.41 Å². The number of nitrogens with zero attached hydrogens (tertiary/aromatic N) is 3. The zero-order chi connectivity index (χ0) is 15.5. The van der Waals surface area contributed by atoms with Gasteiger partial charge in [-0.15, -0.1) is 0 Å². The van der Waals surface area contributed by atoms with Gasteiger partial charge in [0.1, 0.15) is 6.07 Å². The first-order valence-corrected chi connectivity index (χ1v) is 6.96. The molecule has 1 saturated heterocycles. The Balaban J connectivity index is 2.13. The third-order valence-electron chi connectivity index (χ3n) is 4.00. The summed E-state index contributed by atoms with van der Waals surface area (Å²) in [4.78, 5) is 14.6. The second-order valence-electron chi connectivity index (χ2n) is 5.94. The fraction of sp³-hybridized carbons (Fsp3) is 0.571. The summed E-state index contributed by atoms with van der Waals surface area (Å²) in [7, 11) is 0. The van der Waals surface area contributed by atoms with Crippen LogP contribution < -0.4 is 10.6 Å². The van der Waals surface area contributed by atoms with Gasteiger partial charge in [-0.3, -0.25) is 10.1 Å². The highest BCUT2D eigenvalue weighted by Crippen LogP contribution is 2.31. The van der Waals surface area contributed by atoms with Crippen LogP contribution in [0, 0.1) is 26.9 Å². The topological polar surface area (TPSA) is 104 Å². The molecule has 0 amide bonds. The normalized spacial score (nSPS) is 20.5. The van der Waals surface area contributed by atoms with E-state index in [4.69, 9.17) is 5.26 Å². The quantitative estimate of drug-likeness (QED) is 0.649. The SMILES string of the molecule is CC1(C)CCCNC1CNc1ncc(C#N)cc1[N+](=O)[O-]. The second-order valence-corrected chi connectivity index (χ2v) is 5.94. The highest BCUT2D eigenvalue weighted by atomic mass is 16.6. The Kier molecular flexibility index (Phi) is 4.38. The molecule has 0 aromatic carbocycles. The number of hydrogen-bond acceptors (Lipinski definition) is 6. The summed E-state index contributed by atoms with van der Waals surface area (Å²) in [6.45, 7) is 5.89. The predicted molar refractivity (Wildman–Crippen MR) is 78.9 cm³/mol. The van der Waals surface area contributed by atoms with Crippen molar-refractivity contribution in [2.45, 2.75) is 32.7 Å². The molecule has 0 spiro atoms. The van der Waals surface area contributed by atoms with Crippen LogP contribution in [0.2, 0.25) is 0 Å². The Morgan fingerprint density at radius 1 is 1.67 bits per heavy atom. The van der Waals surface area contributed by atoms with Crippen molar-refractivity contribution in [3.05, 3.63) is 27.9 Å². The fourth-order valence-electron chi connectivity index (χ4n) is 2.61. The number of nitriles is 1. The van der Waals surface area contributed by atoms with E-state index >= 15 is 0 Å². The number of hydrogen-bond donors (Lipinski definition) is 2. The molecule has 2 N–H and O–H groups in total. The molecule has 2 rings (SSSR count). The van der Waals surface area contributed by atoms with E-state index in [2.05, 4.69) is 29.5 Å². The highest BCUT2D eigenvalue weighted by Gasteiger charge is 2.32. The van der Waals surface area contributed by atoms with Crippen LogP contribution in [0.25, 0.3) is 0 Å². The first-order chi connectivity index (χ1) is 9.94. The second kappa shape index (κ2) is 6.06. The molecule has 0 aliphatic carbocycles. The van der Waals surface area contributed by atoms with E-state index in [-0.39, 0.29) is 28.5 Å². The Morgan fingerprint density at radius 3 is 3.05 bits per heavy atom. The molecular weight excluding hydrogens is 270 g/mol. The average molecular weight is 289 g/mol. The third-order valence-corrected chi connectivity index (χ3v) is 4.00. The number of pyridine rings is 1. The van der Waals surface area contributed by atoms with Crippen LogP contribution in [-0.2, 0) is 0 Å². The molecule has 0 saturated carbocycles. The fourth-order valence-corrected chi connectivity index (χ4v) is 2.61. The van der Waals surface area contributed by atoms with E-state index in [1.807, 2.05) is 6.07 Å². The lowest BCUT2D eigenvalue weighted by Gasteiger charge is -2.39. The number of nitro groups is 1. The molecule has 1 atom stereocenters. The maximum absolute atomic E-state index is 11.1. The van der Waals surface area contributed by atoms with Gasteiger partial charge >= 0.3 is 5.69 Å². The van der Waals surface area contributed by atoms with Crippen LogP contribution in [-0.4, -0.2) is 29.0 Å². The van der Waals surface area contributed by atoms with Crippen LogP contribution in [0.1, 0.15) is 32.3 Å². The summed E-state index contributed by atoms with van der Waals surface area (Å²) in [6, 6.07) is 3.33. The van der Waals surface area contributed by atoms with Gasteiger partial charge < -0.3 is 10.6 Å². The summed E-state index contributed by atoms with van der Waals surface area (Å²) in [5.74, 6) is 0.210. The highest BCUT2D eigenvalue weighted by molar-refractivity contribution is 5.58. The molecule has 0 radical (unpaired) electrons. The zero-order valence-electron chi connectivity index (χ0n) is 12.2. The molecule has 0 bridgehead atoms. The number of piperidine rings is 1. The summed E-state index contributed by atoms with van der Waals surface area (Å²) in [5, 5.41) is 26.3. The molecule has 21 heavy (non-hydrogen) atoms. The van der Waals surface area contributed by atoms with Crippen molar-refractivity contribution in [2.75, 3.05) is 18.4 Å². The van der Waals surface area contributed by atoms with Gasteiger partial charge in [-0.2, -0.15) is 5.26 Å². The molecule has 1 aromatic rings. The van der Waals surface area contributed by atoms with Gasteiger partial charge in [-0.05, 0) is 24.8 Å². The molecule has 112 valence electrons. The average Bonchev–Trinajstić information content (AvgIpc) is 2.45. The van der Waals surface area contributed by atoms with Crippen molar-refractivity contribution in [3.8, 4) is 6.07 Å². The van der Waals surface area contributed by atoms with Crippen molar-refractivity contribution < 1.29 is 4.92 Å². The third kappa shape index (κ3) is 3.47. The van der Waals surface area contributed by atoms with Crippen molar-refractivity contribution >= 4 is 11.5 Å². The van der Waals surface area contributed by atoms with Crippen molar-refractivity contribution in [1.82, 2.24) is 10.3 Å². The number of rotatable bonds is 4. The lowest BCUT2D eigenvalue weighted by molar-refractivity contribution is -0.384. The Morgan fingerprint density at radius 2 is 2.43 bits per heavy atom. The molecule has 1 aliphatic rings. The smallest absolute Gasteiger partial charge is 0.312 e. The van der Waals surface area contributed by atoms with E-state index in [0.29, 0.717) is 6.54 Å². The van der Waals surface area contributed by atoms with Crippen LogP contribution in [0.3, 0.4) is 0 Å².